The fourth-order valence-electron chi connectivity index (χ4n) is 3.36. The van der Waals surface area contributed by atoms with Crippen molar-refractivity contribution >= 4 is 9.84 Å². The first-order valence-corrected chi connectivity index (χ1v) is 9.94. The second kappa shape index (κ2) is 6.30. The minimum Gasteiger partial charge on any atom is -0.459 e. The number of furan rings is 1. The zero-order valence-electron chi connectivity index (χ0n) is 13.3. The zero-order valence-corrected chi connectivity index (χ0v) is 14.1. The molecule has 4 rings (SSSR count). The van der Waals surface area contributed by atoms with Gasteiger partial charge in [-0.1, -0.05) is 0 Å². The third kappa shape index (κ3) is 3.38. The molecular weight excluding hydrogens is 332 g/mol. The second-order valence-electron chi connectivity index (χ2n) is 6.35. The smallest absolute Gasteiger partial charge is 0.283 e. The number of sulfone groups is 1. The average molecular weight is 352 g/mol. The molecule has 2 saturated heterocycles. The molecule has 8 nitrogen and oxygen atoms in total. The molecule has 2 fully saturated rings. The molecule has 0 amide bonds. The lowest BCUT2D eigenvalue weighted by Crippen LogP contribution is -2.50. The van der Waals surface area contributed by atoms with Gasteiger partial charge in [0.05, 0.1) is 24.3 Å². The molecule has 9 heteroatoms. The number of aromatic nitrogens is 2. The highest BCUT2D eigenvalue weighted by Crippen LogP contribution is 2.21. The molecule has 2 aliphatic rings. The minimum atomic E-state index is -2.82. The third-order valence-electron chi connectivity index (χ3n) is 4.69. The van der Waals surface area contributed by atoms with Gasteiger partial charge in [-0.05, 0) is 18.6 Å². The van der Waals surface area contributed by atoms with Gasteiger partial charge in [-0.25, -0.2) is 8.42 Å². The highest BCUT2D eigenvalue weighted by Gasteiger charge is 2.33. The first kappa shape index (κ1) is 15.8. The summed E-state index contributed by atoms with van der Waals surface area (Å²) in [5.41, 5.74) is 0. The van der Waals surface area contributed by atoms with Crippen molar-refractivity contribution in [3.8, 4) is 11.7 Å². The summed E-state index contributed by atoms with van der Waals surface area (Å²) in [7, 11) is -2.82. The summed E-state index contributed by atoms with van der Waals surface area (Å²) >= 11 is 0. The Morgan fingerprint density at radius 3 is 2.71 bits per heavy atom. The van der Waals surface area contributed by atoms with E-state index in [-0.39, 0.29) is 6.04 Å². The van der Waals surface area contributed by atoms with E-state index in [2.05, 4.69) is 20.0 Å². The lowest BCUT2D eigenvalue weighted by Gasteiger charge is -2.37. The Balaban J connectivity index is 1.31. The summed E-state index contributed by atoms with van der Waals surface area (Å²) < 4.78 is 34.1. The van der Waals surface area contributed by atoms with Crippen molar-refractivity contribution in [1.29, 1.82) is 0 Å². The van der Waals surface area contributed by atoms with Gasteiger partial charge in [-0.3, -0.25) is 9.80 Å². The Morgan fingerprint density at radius 1 is 1.21 bits per heavy atom. The molecule has 2 aromatic heterocycles. The van der Waals surface area contributed by atoms with Crippen LogP contribution in [-0.2, 0) is 16.4 Å². The Labute approximate surface area is 140 Å². The molecule has 0 radical (unpaired) electrons. The van der Waals surface area contributed by atoms with Crippen molar-refractivity contribution < 1.29 is 17.3 Å². The van der Waals surface area contributed by atoms with E-state index in [0.717, 1.165) is 32.6 Å². The van der Waals surface area contributed by atoms with Gasteiger partial charge in [0.25, 0.3) is 5.89 Å². The normalized spacial score (nSPS) is 25.2. The summed E-state index contributed by atoms with van der Waals surface area (Å²) in [6.07, 6.45) is 2.33. The minimum absolute atomic E-state index is 0.186. The number of piperazine rings is 1. The van der Waals surface area contributed by atoms with E-state index in [1.807, 2.05) is 0 Å². The van der Waals surface area contributed by atoms with E-state index in [1.165, 1.54) is 0 Å². The van der Waals surface area contributed by atoms with E-state index >= 15 is 0 Å². The van der Waals surface area contributed by atoms with Gasteiger partial charge >= 0.3 is 0 Å². The molecule has 2 aromatic rings. The monoisotopic (exact) mass is 352 g/mol. The van der Waals surface area contributed by atoms with Crippen LogP contribution in [0, 0.1) is 0 Å². The molecular formula is C15H20N4O4S. The summed E-state index contributed by atoms with van der Waals surface area (Å²) in [6.45, 7) is 4.09. The summed E-state index contributed by atoms with van der Waals surface area (Å²) in [5.74, 6) is 2.17. The van der Waals surface area contributed by atoms with Crippen LogP contribution in [0.4, 0.5) is 0 Å². The summed E-state index contributed by atoms with van der Waals surface area (Å²) in [6, 6.07) is 3.75. The highest BCUT2D eigenvalue weighted by molar-refractivity contribution is 7.91. The van der Waals surface area contributed by atoms with Crippen molar-refractivity contribution in [3.63, 3.8) is 0 Å². The van der Waals surface area contributed by atoms with E-state index in [4.69, 9.17) is 8.83 Å². The third-order valence-corrected chi connectivity index (χ3v) is 6.44. The maximum absolute atomic E-state index is 11.6. The number of rotatable bonds is 4. The Hall–Kier alpha value is -1.71. The molecule has 0 saturated carbocycles. The van der Waals surface area contributed by atoms with Gasteiger partial charge < -0.3 is 8.83 Å². The molecule has 0 aliphatic carbocycles. The molecule has 0 N–H and O–H groups in total. The van der Waals surface area contributed by atoms with Crippen LogP contribution in [0.2, 0.25) is 0 Å². The van der Waals surface area contributed by atoms with Crippen molar-refractivity contribution in [1.82, 2.24) is 20.0 Å². The van der Waals surface area contributed by atoms with Gasteiger partial charge in [0.2, 0.25) is 5.89 Å². The summed E-state index contributed by atoms with van der Waals surface area (Å²) in [5, 5.41) is 8.07. The topological polar surface area (TPSA) is 92.7 Å². The molecule has 0 aromatic carbocycles. The Kier molecular flexibility index (Phi) is 4.15. The standard InChI is InChI=1S/C15H20N4O4S/c20-24(21)9-3-12(11-24)19-6-4-18(5-7-19)10-14-16-17-15(23-14)13-2-1-8-22-13/h1-2,8,12H,3-7,9-11H2. The molecule has 0 bridgehead atoms. The molecule has 130 valence electrons. The van der Waals surface area contributed by atoms with E-state index < -0.39 is 9.84 Å². The predicted octanol–water partition coefficient (Wildman–Crippen LogP) is 0.634. The van der Waals surface area contributed by atoms with Crippen molar-refractivity contribution in [2.75, 3.05) is 37.7 Å². The van der Waals surface area contributed by atoms with Crippen molar-refractivity contribution in [2.45, 2.75) is 19.0 Å². The summed E-state index contributed by atoms with van der Waals surface area (Å²) in [4.78, 5) is 4.54. The zero-order chi connectivity index (χ0) is 16.6. The Morgan fingerprint density at radius 2 is 2.04 bits per heavy atom. The van der Waals surface area contributed by atoms with Gasteiger partial charge in [0.1, 0.15) is 0 Å². The first-order chi connectivity index (χ1) is 11.6. The van der Waals surface area contributed by atoms with Crippen LogP contribution in [0.1, 0.15) is 12.3 Å². The van der Waals surface area contributed by atoms with Crippen molar-refractivity contribution in [2.24, 2.45) is 0 Å². The molecule has 0 spiro atoms. The van der Waals surface area contributed by atoms with Gasteiger partial charge in [0, 0.05) is 32.2 Å². The lowest BCUT2D eigenvalue weighted by atomic mass is 10.2. The fourth-order valence-corrected chi connectivity index (χ4v) is 5.12. The predicted molar refractivity (Wildman–Crippen MR) is 85.9 cm³/mol. The van der Waals surface area contributed by atoms with Crippen LogP contribution in [0.25, 0.3) is 11.7 Å². The van der Waals surface area contributed by atoms with Crippen LogP contribution in [0.15, 0.2) is 27.2 Å². The van der Waals surface area contributed by atoms with Crippen LogP contribution >= 0.6 is 0 Å². The van der Waals surface area contributed by atoms with Gasteiger partial charge in [-0.2, -0.15) is 0 Å². The lowest BCUT2D eigenvalue weighted by molar-refractivity contribution is 0.0943. The molecule has 1 unspecified atom stereocenters. The van der Waals surface area contributed by atoms with E-state index in [0.29, 0.717) is 35.6 Å². The molecule has 4 heterocycles. The van der Waals surface area contributed by atoms with E-state index in [1.54, 1.807) is 18.4 Å². The SMILES string of the molecule is O=S1(=O)CCC(N2CCN(Cc3nnc(-c4ccco4)o3)CC2)C1. The second-order valence-corrected chi connectivity index (χ2v) is 8.58. The van der Waals surface area contributed by atoms with Gasteiger partial charge in [-0.15, -0.1) is 10.2 Å². The van der Waals surface area contributed by atoms with Crippen LogP contribution in [0.5, 0.6) is 0 Å². The van der Waals surface area contributed by atoms with Crippen LogP contribution < -0.4 is 0 Å². The average Bonchev–Trinajstić information content (AvgIpc) is 3.28. The highest BCUT2D eigenvalue weighted by atomic mass is 32.2. The quantitative estimate of drug-likeness (QED) is 0.791. The number of hydrogen-bond acceptors (Lipinski definition) is 8. The van der Waals surface area contributed by atoms with Crippen molar-refractivity contribution in [3.05, 3.63) is 24.3 Å². The molecule has 1 atom stereocenters. The number of hydrogen-bond donors (Lipinski definition) is 0. The van der Waals surface area contributed by atoms with Crippen LogP contribution in [-0.4, -0.2) is 72.1 Å². The Bertz CT molecular complexity index is 778. The maximum atomic E-state index is 11.6. The molecule has 2 aliphatic heterocycles. The first-order valence-electron chi connectivity index (χ1n) is 8.12. The van der Waals surface area contributed by atoms with E-state index in [9.17, 15) is 8.42 Å². The largest absolute Gasteiger partial charge is 0.459 e. The van der Waals surface area contributed by atoms with Crippen LogP contribution in [0.3, 0.4) is 0 Å². The molecule has 24 heavy (non-hydrogen) atoms. The maximum Gasteiger partial charge on any atom is 0.283 e. The fraction of sp³-hybridized carbons (Fsp3) is 0.600. The van der Waals surface area contributed by atoms with Gasteiger partial charge in [0.15, 0.2) is 15.6 Å². The number of nitrogens with zero attached hydrogens (tertiary/aromatic N) is 4.